The zero-order valence-corrected chi connectivity index (χ0v) is 15.1. The maximum atomic E-state index is 14.7. The topological polar surface area (TPSA) is 67.6 Å². The summed E-state index contributed by atoms with van der Waals surface area (Å²) in [4.78, 5) is 13.9. The lowest BCUT2D eigenvalue weighted by atomic mass is 9.96. The summed E-state index contributed by atoms with van der Waals surface area (Å²) >= 11 is 0. The minimum absolute atomic E-state index is 0.0480. The van der Waals surface area contributed by atoms with Gasteiger partial charge in [-0.2, -0.15) is 13.9 Å². The van der Waals surface area contributed by atoms with E-state index in [1.165, 1.54) is 9.58 Å². The highest BCUT2D eigenvalue weighted by atomic mass is 19.3. The van der Waals surface area contributed by atoms with Crippen molar-refractivity contribution in [1.29, 1.82) is 0 Å². The van der Waals surface area contributed by atoms with Gasteiger partial charge in [-0.3, -0.25) is 4.68 Å². The Balaban J connectivity index is 1.95. The van der Waals surface area contributed by atoms with Crippen molar-refractivity contribution in [3.8, 4) is 0 Å². The molecule has 0 saturated carbocycles. The van der Waals surface area contributed by atoms with Crippen LogP contribution in [0, 0.1) is 0 Å². The van der Waals surface area contributed by atoms with Gasteiger partial charge in [0.15, 0.2) is 0 Å². The van der Waals surface area contributed by atoms with Crippen molar-refractivity contribution < 1.29 is 23.4 Å². The summed E-state index contributed by atoms with van der Waals surface area (Å²) in [7, 11) is 0. The van der Waals surface area contributed by atoms with E-state index < -0.39 is 30.1 Å². The predicted molar refractivity (Wildman–Crippen MR) is 86.3 cm³/mol. The highest BCUT2D eigenvalue weighted by molar-refractivity contribution is 5.69. The molecule has 2 atom stereocenters. The van der Waals surface area contributed by atoms with Crippen LogP contribution in [0.1, 0.15) is 57.5 Å². The predicted octanol–water partition coefficient (Wildman–Crippen LogP) is 2.81. The van der Waals surface area contributed by atoms with Crippen molar-refractivity contribution in [3.63, 3.8) is 0 Å². The minimum atomic E-state index is -3.17. The number of halogens is 2. The first kappa shape index (κ1) is 18.1. The summed E-state index contributed by atoms with van der Waals surface area (Å²) in [5, 5.41) is 14.1. The average Bonchev–Trinajstić information content (AvgIpc) is 2.74. The molecule has 2 aliphatic rings. The summed E-state index contributed by atoms with van der Waals surface area (Å²) in [6.45, 7) is 7.47. The number of carbonyl (C=O) groups is 1. The summed E-state index contributed by atoms with van der Waals surface area (Å²) in [5.41, 5.74) is 0.182. The monoisotopic (exact) mass is 357 g/mol. The van der Waals surface area contributed by atoms with Crippen LogP contribution in [-0.4, -0.2) is 43.6 Å². The van der Waals surface area contributed by atoms with Gasteiger partial charge in [-0.1, -0.05) is 0 Å². The number of aliphatic hydroxyl groups excluding tert-OH is 1. The van der Waals surface area contributed by atoms with Crippen LogP contribution < -0.4 is 0 Å². The molecule has 8 heteroatoms. The fraction of sp³-hybridized carbons (Fsp3) is 0.765. The molecule has 0 bridgehead atoms. The second-order valence-electron chi connectivity index (χ2n) is 8.01. The number of aryl methyl sites for hydroxylation is 1. The van der Waals surface area contributed by atoms with E-state index in [0.29, 0.717) is 17.7 Å². The number of amides is 1. The van der Waals surface area contributed by atoms with Crippen molar-refractivity contribution in [2.24, 2.45) is 0 Å². The largest absolute Gasteiger partial charge is 0.444 e. The van der Waals surface area contributed by atoms with E-state index in [-0.39, 0.29) is 31.2 Å². The number of aromatic nitrogens is 2. The quantitative estimate of drug-likeness (QED) is 0.775. The number of ether oxygens (including phenoxy) is 1. The molecule has 2 aliphatic heterocycles. The van der Waals surface area contributed by atoms with E-state index in [2.05, 4.69) is 5.10 Å². The van der Waals surface area contributed by atoms with Crippen molar-refractivity contribution in [3.05, 3.63) is 17.0 Å². The Morgan fingerprint density at radius 3 is 2.72 bits per heavy atom. The molecular formula is C17H25F2N3O3. The van der Waals surface area contributed by atoms with Gasteiger partial charge in [0.05, 0.1) is 18.3 Å². The van der Waals surface area contributed by atoms with E-state index >= 15 is 0 Å². The van der Waals surface area contributed by atoms with E-state index in [1.54, 1.807) is 20.8 Å². The Kier molecular flexibility index (Phi) is 4.29. The SMILES string of the molecule is C[C@@H]1Cc2nn3c(c2CN1C(=O)OC(C)(C)C)C(F)(F)C[C@@H](O)CC3. The Morgan fingerprint density at radius 1 is 1.40 bits per heavy atom. The maximum absolute atomic E-state index is 14.7. The number of hydrogen-bond acceptors (Lipinski definition) is 4. The van der Waals surface area contributed by atoms with E-state index in [0.717, 1.165) is 0 Å². The van der Waals surface area contributed by atoms with Crippen molar-refractivity contribution in [2.45, 2.75) is 83.7 Å². The van der Waals surface area contributed by atoms with Crippen LogP contribution >= 0.6 is 0 Å². The average molecular weight is 357 g/mol. The van der Waals surface area contributed by atoms with E-state index in [1.807, 2.05) is 6.92 Å². The van der Waals surface area contributed by atoms with Crippen LogP contribution in [0.4, 0.5) is 13.6 Å². The van der Waals surface area contributed by atoms with Crippen LogP contribution in [0.2, 0.25) is 0 Å². The third-order valence-electron chi connectivity index (χ3n) is 4.62. The molecule has 0 radical (unpaired) electrons. The molecule has 0 unspecified atom stereocenters. The van der Waals surface area contributed by atoms with E-state index in [9.17, 15) is 18.7 Å². The third-order valence-corrected chi connectivity index (χ3v) is 4.62. The fourth-order valence-electron chi connectivity index (χ4n) is 3.50. The first-order chi connectivity index (χ1) is 11.5. The second kappa shape index (κ2) is 5.93. The molecule has 140 valence electrons. The highest BCUT2D eigenvalue weighted by Gasteiger charge is 2.45. The van der Waals surface area contributed by atoms with Gasteiger partial charge in [0.2, 0.25) is 0 Å². The van der Waals surface area contributed by atoms with Gasteiger partial charge < -0.3 is 14.7 Å². The lowest BCUT2D eigenvalue weighted by Crippen LogP contribution is -2.45. The Labute approximate surface area is 145 Å². The first-order valence-corrected chi connectivity index (χ1v) is 8.62. The number of carbonyl (C=O) groups excluding carboxylic acids is 1. The van der Waals surface area contributed by atoms with Crippen LogP contribution in [0.25, 0.3) is 0 Å². The first-order valence-electron chi connectivity index (χ1n) is 8.62. The third kappa shape index (κ3) is 3.49. The van der Waals surface area contributed by atoms with Gasteiger partial charge in [-0.05, 0) is 34.1 Å². The smallest absolute Gasteiger partial charge is 0.410 e. The van der Waals surface area contributed by atoms with Crippen molar-refractivity contribution in [1.82, 2.24) is 14.7 Å². The molecule has 1 aromatic rings. The Hall–Kier alpha value is -1.70. The van der Waals surface area contributed by atoms with Gasteiger partial charge in [-0.15, -0.1) is 0 Å². The fourth-order valence-corrected chi connectivity index (χ4v) is 3.50. The number of alkyl halides is 2. The number of rotatable bonds is 0. The summed E-state index contributed by atoms with van der Waals surface area (Å²) in [6.07, 6.45) is -1.53. The molecule has 1 aromatic heterocycles. The molecule has 1 N–H and O–H groups in total. The van der Waals surface area contributed by atoms with Crippen LogP contribution in [-0.2, 0) is 30.2 Å². The molecule has 0 aliphatic carbocycles. The van der Waals surface area contributed by atoms with Crippen molar-refractivity contribution in [2.75, 3.05) is 0 Å². The van der Waals surface area contributed by atoms with Crippen LogP contribution in [0.3, 0.4) is 0 Å². The van der Waals surface area contributed by atoms with Gasteiger partial charge in [0.1, 0.15) is 11.3 Å². The van der Waals surface area contributed by atoms with Crippen LogP contribution in [0.15, 0.2) is 0 Å². The number of fused-ring (bicyclic) bond motifs is 3. The molecule has 0 fully saturated rings. The van der Waals surface area contributed by atoms with Gasteiger partial charge >= 0.3 is 6.09 Å². The van der Waals surface area contributed by atoms with Crippen LogP contribution in [0.5, 0.6) is 0 Å². The molecule has 6 nitrogen and oxygen atoms in total. The summed E-state index contributed by atoms with van der Waals surface area (Å²) in [5.74, 6) is -3.17. The minimum Gasteiger partial charge on any atom is -0.444 e. The standard InChI is InChI=1S/C17H25F2N3O3/c1-10-7-13-12(9-21(10)15(24)25-16(2,3)4)14-17(18,19)8-11(23)5-6-22(14)20-13/h10-11,23H,5-9H2,1-4H3/t10-,11+/m1/s1. The molecular weight excluding hydrogens is 332 g/mol. The zero-order valence-electron chi connectivity index (χ0n) is 15.1. The molecule has 0 saturated heterocycles. The maximum Gasteiger partial charge on any atom is 0.410 e. The normalized spacial score (nSPS) is 25.8. The Morgan fingerprint density at radius 2 is 2.08 bits per heavy atom. The number of nitrogens with zero attached hydrogens (tertiary/aromatic N) is 3. The molecule has 0 spiro atoms. The van der Waals surface area contributed by atoms with Gasteiger partial charge in [-0.25, -0.2) is 4.79 Å². The zero-order chi connectivity index (χ0) is 18.6. The molecule has 3 heterocycles. The highest BCUT2D eigenvalue weighted by Crippen LogP contribution is 2.41. The summed E-state index contributed by atoms with van der Waals surface area (Å²) in [6, 6.07) is -0.180. The number of aliphatic hydroxyl groups is 1. The second-order valence-corrected chi connectivity index (χ2v) is 8.01. The molecule has 0 aromatic carbocycles. The lowest BCUT2D eigenvalue weighted by Gasteiger charge is -2.35. The molecule has 3 rings (SSSR count). The Bertz CT molecular complexity index is 681. The van der Waals surface area contributed by atoms with Gasteiger partial charge in [0.25, 0.3) is 5.92 Å². The van der Waals surface area contributed by atoms with Gasteiger partial charge in [0, 0.05) is 31.0 Å². The summed E-state index contributed by atoms with van der Waals surface area (Å²) < 4.78 is 36.1. The molecule has 1 amide bonds. The van der Waals surface area contributed by atoms with E-state index in [4.69, 9.17) is 4.74 Å². The molecule has 25 heavy (non-hydrogen) atoms. The lowest BCUT2D eigenvalue weighted by molar-refractivity contribution is -0.0513. The van der Waals surface area contributed by atoms with Crippen molar-refractivity contribution >= 4 is 6.09 Å². The number of hydrogen-bond donors (Lipinski definition) is 1.